The van der Waals surface area contributed by atoms with E-state index in [2.05, 4.69) is 5.32 Å². The third-order valence-electron chi connectivity index (χ3n) is 3.96. The highest BCUT2D eigenvalue weighted by atomic mass is 32.1. The van der Waals surface area contributed by atoms with E-state index < -0.39 is 5.97 Å². The molecule has 0 aliphatic heterocycles. The van der Waals surface area contributed by atoms with Crippen molar-refractivity contribution in [1.29, 1.82) is 0 Å². The van der Waals surface area contributed by atoms with Crippen LogP contribution in [-0.4, -0.2) is 36.7 Å². The number of aromatic nitrogens is 1. The van der Waals surface area contributed by atoms with E-state index in [0.717, 1.165) is 17.0 Å². The highest BCUT2D eigenvalue weighted by molar-refractivity contribution is 7.12. The molecule has 2 heterocycles. The highest BCUT2D eigenvalue weighted by Crippen LogP contribution is 2.22. The SMILES string of the molecule is COc1ccccc1CCNC(=O)COC(=O)c1sccc1-n1cccc1. The number of hydrogen-bond donors (Lipinski definition) is 1. The largest absolute Gasteiger partial charge is 0.496 e. The maximum atomic E-state index is 12.3. The summed E-state index contributed by atoms with van der Waals surface area (Å²) in [5.74, 6) is -0.0562. The Bertz CT molecular complexity index is 902. The molecule has 0 fully saturated rings. The number of benzene rings is 1. The number of para-hydroxylation sites is 1. The molecular weight excluding hydrogens is 364 g/mol. The van der Waals surface area contributed by atoms with Gasteiger partial charge in [-0.3, -0.25) is 4.79 Å². The maximum Gasteiger partial charge on any atom is 0.350 e. The molecule has 6 nitrogen and oxygen atoms in total. The van der Waals surface area contributed by atoms with Gasteiger partial charge in [0.15, 0.2) is 6.61 Å². The number of esters is 1. The average Bonchev–Trinajstić information content (AvgIpc) is 3.37. The molecule has 2 aromatic heterocycles. The lowest BCUT2D eigenvalue weighted by molar-refractivity contribution is -0.124. The normalized spacial score (nSPS) is 10.4. The molecule has 0 aliphatic carbocycles. The second-order valence-electron chi connectivity index (χ2n) is 5.71. The fourth-order valence-electron chi connectivity index (χ4n) is 2.65. The lowest BCUT2D eigenvalue weighted by Crippen LogP contribution is -2.30. The fraction of sp³-hybridized carbons (Fsp3) is 0.200. The summed E-state index contributed by atoms with van der Waals surface area (Å²) in [6.45, 7) is 0.123. The van der Waals surface area contributed by atoms with Gasteiger partial charge in [-0.1, -0.05) is 18.2 Å². The van der Waals surface area contributed by atoms with Gasteiger partial charge < -0.3 is 19.4 Å². The minimum atomic E-state index is -0.506. The maximum absolute atomic E-state index is 12.3. The van der Waals surface area contributed by atoms with Crippen LogP contribution in [-0.2, 0) is 16.0 Å². The van der Waals surface area contributed by atoms with Gasteiger partial charge in [0.25, 0.3) is 5.91 Å². The summed E-state index contributed by atoms with van der Waals surface area (Å²) in [5.41, 5.74) is 1.75. The molecule has 0 radical (unpaired) electrons. The lowest BCUT2D eigenvalue weighted by atomic mass is 10.1. The molecule has 3 rings (SSSR count). The Morgan fingerprint density at radius 1 is 1.11 bits per heavy atom. The Labute approximate surface area is 161 Å². The van der Waals surface area contributed by atoms with Crippen LogP contribution < -0.4 is 10.1 Å². The van der Waals surface area contributed by atoms with Crippen molar-refractivity contribution in [3.63, 3.8) is 0 Å². The second kappa shape index (κ2) is 9.05. The van der Waals surface area contributed by atoms with Gasteiger partial charge in [0.1, 0.15) is 10.6 Å². The number of thiophene rings is 1. The topological polar surface area (TPSA) is 69.6 Å². The molecular formula is C20H20N2O4S. The second-order valence-corrected chi connectivity index (χ2v) is 6.63. The smallest absolute Gasteiger partial charge is 0.350 e. The molecule has 1 amide bonds. The molecule has 7 heteroatoms. The van der Waals surface area contributed by atoms with Crippen LogP contribution in [0.25, 0.3) is 5.69 Å². The van der Waals surface area contributed by atoms with E-state index in [1.807, 2.05) is 64.8 Å². The molecule has 1 N–H and O–H groups in total. The minimum Gasteiger partial charge on any atom is -0.496 e. The quantitative estimate of drug-likeness (QED) is 0.606. The van der Waals surface area contributed by atoms with E-state index in [0.29, 0.717) is 17.8 Å². The average molecular weight is 384 g/mol. The van der Waals surface area contributed by atoms with Crippen LogP contribution in [0.4, 0.5) is 0 Å². The van der Waals surface area contributed by atoms with Crippen LogP contribution in [0.2, 0.25) is 0 Å². The molecule has 0 aliphatic rings. The predicted octanol–water partition coefficient (Wildman–Crippen LogP) is 3.06. The van der Waals surface area contributed by atoms with Gasteiger partial charge >= 0.3 is 5.97 Å². The molecule has 0 atom stereocenters. The first-order valence-electron chi connectivity index (χ1n) is 8.45. The zero-order valence-electron chi connectivity index (χ0n) is 14.9. The van der Waals surface area contributed by atoms with E-state index in [9.17, 15) is 9.59 Å². The first kappa shape index (κ1) is 18.7. The number of nitrogens with one attached hydrogen (secondary N) is 1. The summed E-state index contributed by atoms with van der Waals surface area (Å²) in [5, 5.41) is 4.57. The van der Waals surface area contributed by atoms with Crippen LogP contribution in [0.1, 0.15) is 15.2 Å². The monoisotopic (exact) mass is 384 g/mol. The summed E-state index contributed by atoms with van der Waals surface area (Å²) in [4.78, 5) is 24.7. The molecule has 0 saturated carbocycles. The van der Waals surface area contributed by atoms with Crippen LogP contribution in [0, 0.1) is 0 Å². The predicted molar refractivity (Wildman–Crippen MR) is 104 cm³/mol. The molecule has 1 aromatic carbocycles. The Balaban J connectivity index is 1.47. The van der Waals surface area contributed by atoms with Gasteiger partial charge in [-0.2, -0.15) is 0 Å². The molecule has 0 bridgehead atoms. The first-order valence-corrected chi connectivity index (χ1v) is 9.33. The third-order valence-corrected chi connectivity index (χ3v) is 4.84. The van der Waals surface area contributed by atoms with E-state index in [-0.39, 0.29) is 12.5 Å². The van der Waals surface area contributed by atoms with Crippen molar-refractivity contribution in [2.75, 3.05) is 20.3 Å². The van der Waals surface area contributed by atoms with Gasteiger partial charge in [-0.25, -0.2) is 4.79 Å². The van der Waals surface area contributed by atoms with Crippen molar-refractivity contribution >= 4 is 23.2 Å². The molecule has 0 saturated heterocycles. The number of rotatable bonds is 8. The molecule has 27 heavy (non-hydrogen) atoms. The minimum absolute atomic E-state index is 0.312. The fourth-order valence-corrected chi connectivity index (χ4v) is 3.43. The summed E-state index contributed by atoms with van der Waals surface area (Å²) in [6.07, 6.45) is 4.33. The van der Waals surface area contributed by atoms with Crippen LogP contribution in [0.5, 0.6) is 5.75 Å². The summed E-state index contributed by atoms with van der Waals surface area (Å²) >= 11 is 1.29. The van der Waals surface area contributed by atoms with Gasteiger partial charge in [-0.05, 0) is 41.6 Å². The first-order chi connectivity index (χ1) is 13.2. The van der Waals surface area contributed by atoms with Crippen molar-refractivity contribution < 1.29 is 19.1 Å². The van der Waals surface area contributed by atoms with Crippen molar-refractivity contribution in [2.45, 2.75) is 6.42 Å². The lowest BCUT2D eigenvalue weighted by Gasteiger charge is -2.09. The van der Waals surface area contributed by atoms with Crippen LogP contribution >= 0.6 is 11.3 Å². The summed E-state index contributed by atoms with van der Waals surface area (Å²) < 4.78 is 12.3. The number of carbonyl (C=O) groups excluding carboxylic acids is 2. The molecule has 3 aromatic rings. The van der Waals surface area contributed by atoms with E-state index in [1.165, 1.54) is 11.3 Å². The number of hydrogen-bond acceptors (Lipinski definition) is 5. The van der Waals surface area contributed by atoms with Gasteiger partial charge in [0.05, 0.1) is 12.8 Å². The van der Waals surface area contributed by atoms with Gasteiger partial charge in [0, 0.05) is 18.9 Å². The van der Waals surface area contributed by atoms with Crippen LogP contribution in [0.15, 0.2) is 60.2 Å². The van der Waals surface area contributed by atoms with Crippen molar-refractivity contribution in [1.82, 2.24) is 9.88 Å². The number of amides is 1. The van der Waals surface area contributed by atoms with Crippen LogP contribution in [0.3, 0.4) is 0 Å². The van der Waals surface area contributed by atoms with Crippen molar-refractivity contribution in [3.05, 3.63) is 70.7 Å². The Kier molecular flexibility index (Phi) is 6.27. The number of carbonyl (C=O) groups is 2. The van der Waals surface area contributed by atoms with Gasteiger partial charge in [0.2, 0.25) is 0 Å². The zero-order chi connectivity index (χ0) is 19.1. The molecule has 140 valence electrons. The highest BCUT2D eigenvalue weighted by Gasteiger charge is 2.17. The summed E-state index contributed by atoms with van der Waals surface area (Å²) in [7, 11) is 1.61. The van der Waals surface area contributed by atoms with E-state index >= 15 is 0 Å². The Morgan fingerprint density at radius 3 is 2.67 bits per heavy atom. The van der Waals surface area contributed by atoms with Crippen molar-refractivity contribution in [3.8, 4) is 11.4 Å². The number of methoxy groups -OCH3 is 1. The van der Waals surface area contributed by atoms with E-state index in [1.54, 1.807) is 7.11 Å². The number of ether oxygens (including phenoxy) is 2. The van der Waals surface area contributed by atoms with Gasteiger partial charge in [-0.15, -0.1) is 11.3 Å². The third kappa shape index (κ3) is 4.77. The van der Waals surface area contributed by atoms with Crippen molar-refractivity contribution in [2.24, 2.45) is 0 Å². The molecule has 0 spiro atoms. The summed E-state index contributed by atoms with van der Waals surface area (Å²) in [6, 6.07) is 13.2. The Morgan fingerprint density at radius 2 is 1.89 bits per heavy atom. The van der Waals surface area contributed by atoms with E-state index in [4.69, 9.17) is 9.47 Å². The zero-order valence-corrected chi connectivity index (χ0v) is 15.7. The standard InChI is InChI=1S/C20H20N2O4S/c1-25-17-7-3-2-6-15(17)8-10-21-18(23)14-26-20(24)19-16(9-13-27-19)22-11-4-5-12-22/h2-7,9,11-13H,8,10,14H2,1H3,(H,21,23). The Hall–Kier alpha value is -3.06. The molecule has 0 unspecified atom stereocenters. The number of nitrogens with zero attached hydrogens (tertiary/aromatic N) is 1.